The first kappa shape index (κ1) is 14.4. The number of aromatic amines is 1. The lowest BCUT2D eigenvalue weighted by atomic mass is 10.1. The number of rotatable bonds is 3. The number of nitrogens with one attached hydrogen (secondary N) is 1. The normalized spacial score (nSPS) is 11.2. The molecule has 0 saturated heterocycles. The van der Waals surface area contributed by atoms with E-state index in [-0.39, 0.29) is 0 Å². The summed E-state index contributed by atoms with van der Waals surface area (Å²) < 4.78 is 0. The highest BCUT2D eigenvalue weighted by Gasteiger charge is 2.08. The summed E-state index contributed by atoms with van der Waals surface area (Å²) in [4.78, 5) is 12.5. The summed E-state index contributed by atoms with van der Waals surface area (Å²) >= 11 is 7.65. The summed E-state index contributed by atoms with van der Waals surface area (Å²) in [6, 6.07) is 7.87. The second-order valence-electron chi connectivity index (χ2n) is 5.15. The van der Waals surface area contributed by atoms with Crippen LogP contribution in [-0.2, 0) is 5.75 Å². The molecule has 0 atom stereocenters. The van der Waals surface area contributed by atoms with Crippen molar-refractivity contribution in [2.24, 2.45) is 0 Å². The fraction of sp³-hybridized carbons (Fsp3) is 0.250. The van der Waals surface area contributed by atoms with Gasteiger partial charge in [0.2, 0.25) is 0 Å². The van der Waals surface area contributed by atoms with Crippen molar-refractivity contribution >= 4 is 34.4 Å². The number of nitrogens with zero attached hydrogens (tertiary/aromatic N) is 2. The van der Waals surface area contributed by atoms with Crippen molar-refractivity contribution in [3.63, 3.8) is 0 Å². The van der Waals surface area contributed by atoms with Crippen molar-refractivity contribution in [1.82, 2.24) is 15.0 Å². The van der Waals surface area contributed by atoms with Crippen LogP contribution in [-0.4, -0.2) is 15.0 Å². The number of benzene rings is 1. The third-order valence-corrected chi connectivity index (χ3v) is 4.65. The molecule has 21 heavy (non-hydrogen) atoms. The second kappa shape index (κ2) is 5.70. The van der Waals surface area contributed by atoms with Gasteiger partial charge in [-0.25, -0.2) is 4.98 Å². The van der Waals surface area contributed by atoms with Crippen LogP contribution in [0.2, 0.25) is 5.02 Å². The standard InChI is InChI=1S/C16H16ClN3S/c1-9-6-10(2)15(18-11(9)3)8-21-16-19-13-5-4-12(17)7-14(13)20-16/h4-7H,8H2,1-3H3,(H,19,20). The van der Waals surface area contributed by atoms with Gasteiger partial charge >= 0.3 is 0 Å². The number of aryl methyl sites for hydroxylation is 3. The zero-order valence-electron chi connectivity index (χ0n) is 12.2. The lowest BCUT2D eigenvalue weighted by molar-refractivity contribution is 1.03. The molecular formula is C16H16ClN3S. The average molecular weight is 318 g/mol. The molecule has 0 unspecified atom stereocenters. The van der Waals surface area contributed by atoms with E-state index in [9.17, 15) is 0 Å². The van der Waals surface area contributed by atoms with Gasteiger partial charge in [0.05, 0.1) is 16.7 Å². The van der Waals surface area contributed by atoms with Crippen LogP contribution < -0.4 is 0 Å². The maximum atomic E-state index is 5.99. The molecule has 108 valence electrons. The number of aromatic nitrogens is 3. The van der Waals surface area contributed by atoms with Gasteiger partial charge in [0.25, 0.3) is 0 Å². The summed E-state index contributed by atoms with van der Waals surface area (Å²) in [6.07, 6.45) is 0. The molecule has 0 aliphatic rings. The molecule has 5 heteroatoms. The van der Waals surface area contributed by atoms with Gasteiger partial charge < -0.3 is 4.98 Å². The lowest BCUT2D eigenvalue weighted by Gasteiger charge is -2.07. The van der Waals surface area contributed by atoms with Crippen LogP contribution in [0.1, 0.15) is 22.5 Å². The molecule has 3 nitrogen and oxygen atoms in total. The van der Waals surface area contributed by atoms with Gasteiger partial charge in [-0.15, -0.1) is 0 Å². The van der Waals surface area contributed by atoms with Crippen molar-refractivity contribution in [2.75, 3.05) is 0 Å². The number of pyridine rings is 1. The molecule has 0 aliphatic carbocycles. The summed E-state index contributed by atoms with van der Waals surface area (Å²) in [5.74, 6) is 0.806. The van der Waals surface area contributed by atoms with E-state index in [1.54, 1.807) is 11.8 Å². The van der Waals surface area contributed by atoms with E-state index in [1.807, 2.05) is 25.1 Å². The summed E-state index contributed by atoms with van der Waals surface area (Å²) in [7, 11) is 0. The quantitative estimate of drug-likeness (QED) is 0.703. The first-order chi connectivity index (χ1) is 10.0. The molecule has 0 amide bonds. The Kier molecular flexibility index (Phi) is 3.91. The van der Waals surface area contributed by atoms with Crippen LogP contribution in [0.4, 0.5) is 0 Å². The SMILES string of the molecule is Cc1cc(C)c(CSc2nc3ccc(Cl)cc3[nH]2)nc1C. The minimum absolute atomic E-state index is 0.717. The number of H-pyrrole nitrogens is 1. The second-order valence-corrected chi connectivity index (χ2v) is 6.55. The zero-order valence-corrected chi connectivity index (χ0v) is 13.8. The van der Waals surface area contributed by atoms with Gasteiger partial charge in [-0.2, -0.15) is 0 Å². The van der Waals surface area contributed by atoms with Crippen LogP contribution in [0.5, 0.6) is 0 Å². The number of hydrogen-bond acceptors (Lipinski definition) is 3. The molecule has 0 spiro atoms. The molecule has 0 fully saturated rings. The van der Waals surface area contributed by atoms with Crippen LogP contribution in [0, 0.1) is 20.8 Å². The van der Waals surface area contributed by atoms with Crippen LogP contribution in [0.25, 0.3) is 11.0 Å². The van der Waals surface area contributed by atoms with E-state index in [0.717, 1.165) is 38.4 Å². The Hall–Kier alpha value is -1.52. The van der Waals surface area contributed by atoms with E-state index in [4.69, 9.17) is 11.6 Å². The van der Waals surface area contributed by atoms with Gasteiger partial charge in [-0.3, -0.25) is 4.98 Å². The number of hydrogen-bond donors (Lipinski definition) is 1. The minimum Gasteiger partial charge on any atom is -0.333 e. The smallest absolute Gasteiger partial charge is 0.166 e. The van der Waals surface area contributed by atoms with Gasteiger partial charge in [0, 0.05) is 16.5 Å². The number of fused-ring (bicyclic) bond motifs is 1. The van der Waals surface area contributed by atoms with Crippen molar-refractivity contribution in [3.05, 3.63) is 51.8 Å². The topological polar surface area (TPSA) is 41.6 Å². The van der Waals surface area contributed by atoms with Crippen molar-refractivity contribution in [2.45, 2.75) is 31.7 Å². The van der Waals surface area contributed by atoms with Crippen LogP contribution in [0.15, 0.2) is 29.4 Å². The largest absolute Gasteiger partial charge is 0.333 e. The molecule has 0 saturated carbocycles. The molecular weight excluding hydrogens is 302 g/mol. The summed E-state index contributed by atoms with van der Waals surface area (Å²) in [5, 5.41) is 1.61. The molecule has 1 N–H and O–H groups in total. The van der Waals surface area contributed by atoms with E-state index in [0.29, 0.717) is 0 Å². The molecule has 2 aromatic heterocycles. The van der Waals surface area contributed by atoms with Gasteiger partial charge in [-0.1, -0.05) is 29.4 Å². The lowest BCUT2D eigenvalue weighted by Crippen LogP contribution is -1.97. The van der Waals surface area contributed by atoms with Crippen LogP contribution >= 0.6 is 23.4 Å². The maximum Gasteiger partial charge on any atom is 0.166 e. The highest BCUT2D eigenvalue weighted by atomic mass is 35.5. The fourth-order valence-electron chi connectivity index (χ4n) is 2.20. The van der Waals surface area contributed by atoms with Gasteiger partial charge in [0.15, 0.2) is 5.16 Å². The molecule has 0 bridgehead atoms. The Morgan fingerprint density at radius 2 is 1.90 bits per heavy atom. The Bertz CT molecular complexity index is 811. The zero-order chi connectivity index (χ0) is 15.0. The predicted octanol–water partition coefficient (Wildman–Crippen LogP) is 4.83. The molecule has 3 aromatic rings. The van der Waals surface area contributed by atoms with E-state index < -0.39 is 0 Å². The Labute approximate surface area is 133 Å². The Morgan fingerprint density at radius 1 is 1.10 bits per heavy atom. The van der Waals surface area contributed by atoms with Crippen LogP contribution in [0.3, 0.4) is 0 Å². The van der Waals surface area contributed by atoms with Gasteiger partial charge in [0.1, 0.15) is 0 Å². The van der Waals surface area contributed by atoms with Crippen molar-refractivity contribution < 1.29 is 0 Å². The van der Waals surface area contributed by atoms with E-state index in [1.165, 1.54) is 11.1 Å². The monoisotopic (exact) mass is 317 g/mol. The third-order valence-electron chi connectivity index (χ3n) is 3.53. The maximum absolute atomic E-state index is 5.99. The first-order valence-corrected chi connectivity index (χ1v) is 8.11. The summed E-state index contributed by atoms with van der Waals surface area (Å²) in [6.45, 7) is 6.25. The van der Waals surface area contributed by atoms with Crippen molar-refractivity contribution in [1.29, 1.82) is 0 Å². The molecule has 2 heterocycles. The molecule has 0 aliphatic heterocycles. The van der Waals surface area contributed by atoms with Gasteiger partial charge in [-0.05, 0) is 50.1 Å². The molecule has 0 radical (unpaired) electrons. The number of halogens is 1. The van der Waals surface area contributed by atoms with Crippen molar-refractivity contribution in [3.8, 4) is 0 Å². The predicted molar refractivity (Wildman–Crippen MR) is 89.1 cm³/mol. The minimum atomic E-state index is 0.717. The number of imidazole rings is 1. The van der Waals surface area contributed by atoms with E-state index in [2.05, 4.69) is 34.9 Å². The highest BCUT2D eigenvalue weighted by molar-refractivity contribution is 7.98. The number of thioether (sulfide) groups is 1. The Balaban J connectivity index is 1.81. The first-order valence-electron chi connectivity index (χ1n) is 6.75. The fourth-order valence-corrected chi connectivity index (χ4v) is 3.28. The average Bonchev–Trinajstić information content (AvgIpc) is 2.83. The van der Waals surface area contributed by atoms with E-state index >= 15 is 0 Å². The third kappa shape index (κ3) is 3.06. The Morgan fingerprint density at radius 3 is 2.71 bits per heavy atom. The molecule has 3 rings (SSSR count). The molecule has 1 aromatic carbocycles. The summed E-state index contributed by atoms with van der Waals surface area (Å²) in [5.41, 5.74) is 6.57. The highest BCUT2D eigenvalue weighted by Crippen LogP contribution is 2.25.